The van der Waals surface area contributed by atoms with Crippen molar-refractivity contribution in [3.63, 3.8) is 0 Å². The molecule has 1 saturated carbocycles. The molecular formula is C15H21NO3S. The zero-order valence-electron chi connectivity index (χ0n) is 11.8. The van der Waals surface area contributed by atoms with E-state index in [9.17, 15) is 9.59 Å². The fraction of sp³-hybridized carbons (Fsp3) is 0.600. The van der Waals surface area contributed by atoms with Gasteiger partial charge in [0.25, 0.3) is 0 Å². The lowest BCUT2D eigenvalue weighted by atomic mass is 9.92. The molecule has 2 rings (SSSR count). The Balaban J connectivity index is 2.05. The summed E-state index contributed by atoms with van der Waals surface area (Å²) in [5.41, 5.74) is 0. The van der Waals surface area contributed by atoms with Crippen molar-refractivity contribution in [2.24, 2.45) is 17.8 Å². The number of carboxylic acid groups (broad SMARTS) is 1. The lowest BCUT2D eigenvalue weighted by Crippen LogP contribution is -2.34. The second-order valence-electron chi connectivity index (χ2n) is 5.37. The van der Waals surface area contributed by atoms with E-state index in [-0.39, 0.29) is 17.9 Å². The minimum atomic E-state index is -0.861. The molecule has 2 N–H and O–H groups in total. The third-order valence-electron chi connectivity index (χ3n) is 4.11. The topological polar surface area (TPSA) is 66.4 Å². The first kappa shape index (κ1) is 15.0. The highest BCUT2D eigenvalue weighted by atomic mass is 32.1. The molecule has 20 heavy (non-hydrogen) atoms. The Morgan fingerprint density at radius 3 is 2.55 bits per heavy atom. The summed E-state index contributed by atoms with van der Waals surface area (Å²) in [4.78, 5) is 24.2. The van der Waals surface area contributed by atoms with E-state index in [1.54, 1.807) is 11.3 Å². The average Bonchev–Trinajstić information content (AvgIpc) is 3.06. The number of hydrogen-bond acceptors (Lipinski definition) is 3. The summed E-state index contributed by atoms with van der Waals surface area (Å²) in [6.07, 6.45) is 2.46. The Bertz CT molecular complexity index is 467. The predicted molar refractivity (Wildman–Crippen MR) is 78.5 cm³/mol. The smallest absolute Gasteiger partial charge is 0.307 e. The van der Waals surface area contributed by atoms with Crippen molar-refractivity contribution < 1.29 is 14.7 Å². The van der Waals surface area contributed by atoms with Gasteiger partial charge in [0, 0.05) is 4.88 Å². The quantitative estimate of drug-likeness (QED) is 0.812. The number of thiophene rings is 1. The van der Waals surface area contributed by atoms with Crippen molar-refractivity contribution in [2.45, 2.75) is 39.2 Å². The van der Waals surface area contributed by atoms with Gasteiger partial charge in [0.15, 0.2) is 0 Å². The van der Waals surface area contributed by atoms with E-state index in [1.807, 2.05) is 17.5 Å². The Kier molecular flexibility index (Phi) is 4.81. The fourth-order valence-electron chi connectivity index (χ4n) is 2.67. The minimum absolute atomic E-state index is 0.00699. The molecule has 3 unspecified atom stereocenters. The van der Waals surface area contributed by atoms with E-state index in [0.29, 0.717) is 12.3 Å². The standard InChI is InChI=1S/C15H21NO3S/c1-3-9(4-2)13(12-6-5-7-20-12)16-14(17)10-8-11(10)15(18)19/h5-7,9-11,13H,3-4,8H2,1-2H3,(H,16,17)(H,18,19). The SMILES string of the molecule is CCC(CC)C(NC(=O)C1CC1C(=O)O)c1cccs1. The molecule has 1 aromatic rings. The minimum Gasteiger partial charge on any atom is -0.481 e. The number of carbonyl (C=O) groups excluding carboxylic acids is 1. The van der Waals surface area contributed by atoms with Crippen LogP contribution in [0, 0.1) is 17.8 Å². The first-order chi connectivity index (χ1) is 9.58. The number of rotatable bonds is 7. The van der Waals surface area contributed by atoms with Crippen molar-refractivity contribution in [3.8, 4) is 0 Å². The summed E-state index contributed by atoms with van der Waals surface area (Å²) in [6.45, 7) is 4.25. The second kappa shape index (κ2) is 6.39. The van der Waals surface area contributed by atoms with Crippen LogP contribution in [0.2, 0.25) is 0 Å². The van der Waals surface area contributed by atoms with Gasteiger partial charge in [-0.1, -0.05) is 32.8 Å². The predicted octanol–water partition coefficient (Wildman–Crippen LogP) is 3.06. The molecule has 0 spiro atoms. The van der Waals surface area contributed by atoms with Crippen molar-refractivity contribution in [1.82, 2.24) is 5.32 Å². The molecule has 1 heterocycles. The van der Waals surface area contributed by atoms with Crippen LogP contribution in [0.25, 0.3) is 0 Å². The first-order valence-electron chi connectivity index (χ1n) is 7.15. The molecule has 1 amide bonds. The zero-order chi connectivity index (χ0) is 14.7. The van der Waals surface area contributed by atoms with Gasteiger partial charge in [-0.3, -0.25) is 9.59 Å². The van der Waals surface area contributed by atoms with E-state index < -0.39 is 11.9 Å². The second-order valence-corrected chi connectivity index (χ2v) is 6.34. The third-order valence-corrected chi connectivity index (χ3v) is 5.07. The molecule has 1 aliphatic carbocycles. The Morgan fingerprint density at radius 1 is 1.40 bits per heavy atom. The molecule has 1 fully saturated rings. The Hall–Kier alpha value is -1.36. The highest BCUT2D eigenvalue weighted by Crippen LogP contribution is 2.40. The Morgan fingerprint density at radius 2 is 2.10 bits per heavy atom. The van der Waals surface area contributed by atoms with Crippen LogP contribution in [0.15, 0.2) is 17.5 Å². The van der Waals surface area contributed by atoms with Gasteiger partial charge in [-0.05, 0) is 23.8 Å². The van der Waals surface area contributed by atoms with Gasteiger partial charge >= 0.3 is 5.97 Å². The van der Waals surface area contributed by atoms with Crippen LogP contribution in [-0.4, -0.2) is 17.0 Å². The Labute approximate surface area is 123 Å². The highest BCUT2D eigenvalue weighted by Gasteiger charge is 2.48. The third kappa shape index (κ3) is 3.20. The maximum Gasteiger partial charge on any atom is 0.307 e. The molecule has 1 aliphatic rings. The van der Waals surface area contributed by atoms with Crippen LogP contribution in [0.4, 0.5) is 0 Å². The highest BCUT2D eigenvalue weighted by molar-refractivity contribution is 7.10. The number of aliphatic carboxylic acids is 1. The van der Waals surface area contributed by atoms with Crippen LogP contribution in [0.3, 0.4) is 0 Å². The van der Waals surface area contributed by atoms with Crippen LogP contribution in [0.5, 0.6) is 0 Å². The van der Waals surface area contributed by atoms with Crippen molar-refractivity contribution in [1.29, 1.82) is 0 Å². The van der Waals surface area contributed by atoms with Crippen LogP contribution >= 0.6 is 11.3 Å². The number of hydrogen-bond donors (Lipinski definition) is 2. The molecular weight excluding hydrogens is 274 g/mol. The molecule has 0 aromatic carbocycles. The molecule has 0 bridgehead atoms. The lowest BCUT2D eigenvalue weighted by molar-refractivity contribution is -0.140. The summed E-state index contributed by atoms with van der Waals surface area (Å²) in [5, 5.41) is 14.0. The van der Waals surface area contributed by atoms with Crippen molar-refractivity contribution in [2.75, 3.05) is 0 Å². The van der Waals surface area contributed by atoms with Gasteiger partial charge in [0.05, 0.1) is 17.9 Å². The summed E-state index contributed by atoms with van der Waals surface area (Å²) < 4.78 is 0. The lowest BCUT2D eigenvalue weighted by Gasteiger charge is -2.25. The van der Waals surface area contributed by atoms with Crippen LogP contribution in [0.1, 0.15) is 44.0 Å². The van der Waals surface area contributed by atoms with Gasteiger partial charge in [-0.25, -0.2) is 0 Å². The maximum absolute atomic E-state index is 12.2. The molecule has 5 heteroatoms. The van der Waals surface area contributed by atoms with Gasteiger partial charge < -0.3 is 10.4 Å². The van der Waals surface area contributed by atoms with E-state index >= 15 is 0 Å². The van der Waals surface area contributed by atoms with Gasteiger partial charge in [-0.2, -0.15) is 0 Å². The summed E-state index contributed by atoms with van der Waals surface area (Å²) >= 11 is 1.64. The van der Waals surface area contributed by atoms with Crippen LogP contribution in [-0.2, 0) is 9.59 Å². The van der Waals surface area contributed by atoms with E-state index in [2.05, 4.69) is 19.2 Å². The number of nitrogens with one attached hydrogen (secondary N) is 1. The molecule has 1 aromatic heterocycles. The summed E-state index contributed by atoms with van der Waals surface area (Å²) in [7, 11) is 0. The van der Waals surface area contributed by atoms with E-state index in [0.717, 1.165) is 17.7 Å². The van der Waals surface area contributed by atoms with E-state index in [1.165, 1.54) is 0 Å². The van der Waals surface area contributed by atoms with E-state index in [4.69, 9.17) is 5.11 Å². The van der Waals surface area contributed by atoms with Crippen LogP contribution < -0.4 is 5.32 Å². The first-order valence-corrected chi connectivity index (χ1v) is 8.03. The van der Waals surface area contributed by atoms with Crippen molar-refractivity contribution >= 4 is 23.2 Å². The molecule has 0 radical (unpaired) electrons. The molecule has 3 atom stereocenters. The molecule has 4 nitrogen and oxygen atoms in total. The van der Waals surface area contributed by atoms with Crippen molar-refractivity contribution in [3.05, 3.63) is 22.4 Å². The fourth-order valence-corrected chi connectivity index (χ4v) is 3.54. The van der Waals surface area contributed by atoms with Gasteiger partial charge in [0.1, 0.15) is 0 Å². The monoisotopic (exact) mass is 295 g/mol. The number of carboxylic acids is 1. The number of carbonyl (C=O) groups is 2. The van der Waals surface area contributed by atoms with Gasteiger partial charge in [0.2, 0.25) is 5.91 Å². The summed E-state index contributed by atoms with van der Waals surface area (Å²) in [5.74, 6) is -1.41. The molecule has 0 aliphatic heterocycles. The largest absolute Gasteiger partial charge is 0.481 e. The average molecular weight is 295 g/mol. The van der Waals surface area contributed by atoms with Gasteiger partial charge in [-0.15, -0.1) is 11.3 Å². The molecule has 0 saturated heterocycles. The maximum atomic E-state index is 12.2. The zero-order valence-corrected chi connectivity index (χ0v) is 12.7. The number of amides is 1. The molecule has 110 valence electrons. The normalized spacial score (nSPS) is 22.6. The summed E-state index contributed by atoms with van der Waals surface area (Å²) in [6, 6.07) is 4.03.